The van der Waals surface area contributed by atoms with Crippen LogP contribution in [0.3, 0.4) is 0 Å². The molecule has 0 amide bonds. The van der Waals surface area contributed by atoms with Gasteiger partial charge in [-0.1, -0.05) is 30.7 Å². The lowest BCUT2D eigenvalue weighted by atomic mass is 9.93. The Bertz CT molecular complexity index is 495. The van der Waals surface area contributed by atoms with Crippen molar-refractivity contribution in [3.63, 3.8) is 0 Å². The van der Waals surface area contributed by atoms with Gasteiger partial charge in [0.1, 0.15) is 5.01 Å². The fourth-order valence-electron chi connectivity index (χ4n) is 2.12. The van der Waals surface area contributed by atoms with Crippen molar-refractivity contribution in [3.8, 4) is 0 Å². The summed E-state index contributed by atoms with van der Waals surface area (Å²) >= 11 is 7.64. The second kappa shape index (κ2) is 6.51. The summed E-state index contributed by atoms with van der Waals surface area (Å²) < 4.78 is 0. The zero-order valence-corrected chi connectivity index (χ0v) is 12.9. The van der Waals surface area contributed by atoms with Gasteiger partial charge < -0.3 is 5.32 Å². The van der Waals surface area contributed by atoms with E-state index in [2.05, 4.69) is 36.3 Å². The predicted octanol–water partition coefficient (Wildman–Crippen LogP) is 4.25. The summed E-state index contributed by atoms with van der Waals surface area (Å²) in [6.45, 7) is 5.39. The van der Waals surface area contributed by atoms with Gasteiger partial charge >= 0.3 is 0 Å². The molecule has 1 unspecified atom stereocenters. The molecule has 2 aromatic rings. The van der Waals surface area contributed by atoms with Gasteiger partial charge in [0.15, 0.2) is 0 Å². The number of halogens is 1. The van der Waals surface area contributed by atoms with E-state index in [1.165, 1.54) is 5.56 Å². The summed E-state index contributed by atoms with van der Waals surface area (Å²) in [5.74, 6) is 0. The van der Waals surface area contributed by atoms with Gasteiger partial charge in [-0.15, -0.1) is 11.3 Å². The first-order chi connectivity index (χ1) is 9.14. The van der Waals surface area contributed by atoms with Gasteiger partial charge in [0, 0.05) is 16.6 Å². The molecule has 2 rings (SSSR count). The maximum Gasteiger partial charge on any atom is 0.113 e. The van der Waals surface area contributed by atoms with Crippen LogP contribution in [0.25, 0.3) is 0 Å². The molecule has 0 radical (unpaired) electrons. The summed E-state index contributed by atoms with van der Waals surface area (Å²) in [5.41, 5.74) is 1.16. The average Bonchev–Trinajstić information content (AvgIpc) is 2.94. The minimum atomic E-state index is -0.113. The molecule has 0 saturated heterocycles. The molecule has 1 aromatic heterocycles. The number of nitrogens with zero attached hydrogens (tertiary/aromatic N) is 1. The molecular formula is C15H19ClN2S. The SMILES string of the molecule is CCCNC(C)(Cc1ccc(Cl)cc1)c1nccs1. The van der Waals surface area contributed by atoms with E-state index in [4.69, 9.17) is 11.6 Å². The van der Waals surface area contributed by atoms with Crippen LogP contribution < -0.4 is 5.32 Å². The highest BCUT2D eigenvalue weighted by Crippen LogP contribution is 2.27. The van der Waals surface area contributed by atoms with Crippen molar-refractivity contribution >= 4 is 22.9 Å². The summed E-state index contributed by atoms with van der Waals surface area (Å²) in [6.07, 6.45) is 3.90. The molecule has 19 heavy (non-hydrogen) atoms. The van der Waals surface area contributed by atoms with Crippen LogP contribution in [0.4, 0.5) is 0 Å². The van der Waals surface area contributed by atoms with Gasteiger partial charge in [-0.3, -0.25) is 0 Å². The lowest BCUT2D eigenvalue weighted by molar-refractivity contribution is 0.362. The van der Waals surface area contributed by atoms with Crippen molar-refractivity contribution in [1.82, 2.24) is 10.3 Å². The van der Waals surface area contributed by atoms with E-state index in [1.54, 1.807) is 11.3 Å². The lowest BCUT2D eigenvalue weighted by Crippen LogP contribution is -2.41. The number of aromatic nitrogens is 1. The Morgan fingerprint density at radius 1 is 1.32 bits per heavy atom. The Balaban J connectivity index is 2.20. The number of benzene rings is 1. The average molecular weight is 295 g/mol. The van der Waals surface area contributed by atoms with Gasteiger partial charge in [0.05, 0.1) is 5.54 Å². The fourth-order valence-corrected chi connectivity index (χ4v) is 3.02. The number of rotatable bonds is 6. The molecule has 1 heterocycles. The van der Waals surface area contributed by atoms with Crippen LogP contribution in [0.1, 0.15) is 30.8 Å². The maximum absolute atomic E-state index is 5.94. The van der Waals surface area contributed by atoms with E-state index >= 15 is 0 Å². The van der Waals surface area contributed by atoms with Crippen molar-refractivity contribution in [1.29, 1.82) is 0 Å². The molecule has 1 aromatic carbocycles. The summed E-state index contributed by atoms with van der Waals surface area (Å²) in [5, 5.41) is 7.57. The first kappa shape index (κ1) is 14.5. The highest BCUT2D eigenvalue weighted by molar-refractivity contribution is 7.09. The molecule has 0 saturated carbocycles. The zero-order chi connectivity index (χ0) is 13.7. The Morgan fingerprint density at radius 3 is 2.63 bits per heavy atom. The molecule has 0 spiro atoms. The molecule has 1 N–H and O–H groups in total. The van der Waals surface area contributed by atoms with Crippen LogP contribution in [0, 0.1) is 0 Å². The Kier molecular flexibility index (Phi) is 4.97. The highest BCUT2D eigenvalue weighted by Gasteiger charge is 2.28. The molecule has 4 heteroatoms. The quantitative estimate of drug-likeness (QED) is 0.861. The summed E-state index contributed by atoms with van der Waals surface area (Å²) in [4.78, 5) is 4.48. The largest absolute Gasteiger partial charge is 0.305 e. The van der Waals surface area contributed by atoms with Crippen LogP contribution >= 0.6 is 22.9 Å². The van der Waals surface area contributed by atoms with E-state index in [1.807, 2.05) is 23.7 Å². The van der Waals surface area contributed by atoms with Gasteiger partial charge in [0.25, 0.3) is 0 Å². The van der Waals surface area contributed by atoms with Crippen molar-refractivity contribution in [2.24, 2.45) is 0 Å². The van der Waals surface area contributed by atoms with Crippen molar-refractivity contribution in [2.45, 2.75) is 32.2 Å². The Morgan fingerprint density at radius 2 is 2.05 bits per heavy atom. The van der Waals surface area contributed by atoms with E-state index in [0.29, 0.717) is 0 Å². The van der Waals surface area contributed by atoms with E-state index in [0.717, 1.165) is 29.4 Å². The minimum Gasteiger partial charge on any atom is -0.305 e. The number of hydrogen-bond donors (Lipinski definition) is 1. The highest BCUT2D eigenvalue weighted by atomic mass is 35.5. The van der Waals surface area contributed by atoms with Crippen LogP contribution in [-0.4, -0.2) is 11.5 Å². The molecule has 102 valence electrons. The minimum absolute atomic E-state index is 0.113. The number of nitrogens with one attached hydrogen (secondary N) is 1. The predicted molar refractivity (Wildman–Crippen MR) is 82.9 cm³/mol. The summed E-state index contributed by atoms with van der Waals surface area (Å²) in [7, 11) is 0. The smallest absolute Gasteiger partial charge is 0.113 e. The van der Waals surface area contributed by atoms with Crippen molar-refractivity contribution in [3.05, 3.63) is 51.4 Å². The first-order valence-corrected chi connectivity index (χ1v) is 7.79. The van der Waals surface area contributed by atoms with E-state index in [9.17, 15) is 0 Å². The van der Waals surface area contributed by atoms with Gasteiger partial charge in [-0.2, -0.15) is 0 Å². The first-order valence-electron chi connectivity index (χ1n) is 6.53. The van der Waals surface area contributed by atoms with Crippen LogP contribution in [-0.2, 0) is 12.0 Å². The zero-order valence-electron chi connectivity index (χ0n) is 11.3. The molecule has 0 aliphatic carbocycles. The third kappa shape index (κ3) is 3.78. The normalized spacial score (nSPS) is 14.3. The molecule has 2 nitrogen and oxygen atoms in total. The van der Waals surface area contributed by atoms with Gasteiger partial charge in [-0.05, 0) is 44.0 Å². The fraction of sp³-hybridized carbons (Fsp3) is 0.400. The number of thiazole rings is 1. The monoisotopic (exact) mass is 294 g/mol. The second-order valence-electron chi connectivity index (χ2n) is 4.90. The Labute approximate surface area is 123 Å². The Hall–Kier alpha value is -0.900. The lowest BCUT2D eigenvalue weighted by Gasteiger charge is -2.29. The molecule has 0 bridgehead atoms. The third-order valence-electron chi connectivity index (χ3n) is 3.14. The van der Waals surface area contributed by atoms with Crippen LogP contribution in [0.2, 0.25) is 5.02 Å². The molecule has 0 fully saturated rings. The van der Waals surface area contributed by atoms with E-state index in [-0.39, 0.29) is 5.54 Å². The standard InChI is InChI=1S/C15H19ClN2S/c1-3-8-18-15(2,14-17-9-10-19-14)11-12-4-6-13(16)7-5-12/h4-7,9-10,18H,3,8,11H2,1-2H3. The molecular weight excluding hydrogens is 276 g/mol. The van der Waals surface area contributed by atoms with Crippen molar-refractivity contribution < 1.29 is 0 Å². The summed E-state index contributed by atoms with van der Waals surface area (Å²) in [6, 6.07) is 8.06. The van der Waals surface area contributed by atoms with Gasteiger partial charge in [-0.25, -0.2) is 4.98 Å². The van der Waals surface area contributed by atoms with Crippen LogP contribution in [0.5, 0.6) is 0 Å². The third-order valence-corrected chi connectivity index (χ3v) is 4.43. The molecule has 1 atom stereocenters. The topological polar surface area (TPSA) is 24.9 Å². The molecule has 0 aliphatic rings. The number of hydrogen-bond acceptors (Lipinski definition) is 3. The van der Waals surface area contributed by atoms with Crippen molar-refractivity contribution in [2.75, 3.05) is 6.54 Å². The molecule has 0 aliphatic heterocycles. The maximum atomic E-state index is 5.94. The second-order valence-corrected chi connectivity index (χ2v) is 6.23. The van der Waals surface area contributed by atoms with Gasteiger partial charge in [0.2, 0.25) is 0 Å². The van der Waals surface area contributed by atoms with E-state index < -0.39 is 0 Å². The van der Waals surface area contributed by atoms with Crippen LogP contribution in [0.15, 0.2) is 35.8 Å².